The first-order valence-corrected chi connectivity index (χ1v) is 8.01. The first-order chi connectivity index (χ1) is 10.5. The molecule has 7 heteroatoms. The number of aliphatic hydroxyl groups is 1. The van der Waals surface area contributed by atoms with Crippen LogP contribution in [0, 0.1) is 10.1 Å². The van der Waals surface area contributed by atoms with Crippen molar-refractivity contribution in [3.63, 3.8) is 0 Å². The summed E-state index contributed by atoms with van der Waals surface area (Å²) < 4.78 is 0.851. The number of fused-ring (bicyclic) bond motifs is 1. The lowest BCUT2D eigenvalue weighted by Gasteiger charge is -2.27. The van der Waals surface area contributed by atoms with E-state index in [4.69, 9.17) is 0 Å². The average molecular weight is 366 g/mol. The molecule has 0 bridgehead atoms. The van der Waals surface area contributed by atoms with Gasteiger partial charge in [0.2, 0.25) is 0 Å². The van der Waals surface area contributed by atoms with E-state index in [1.54, 1.807) is 0 Å². The third-order valence-corrected chi connectivity index (χ3v) is 4.55. The summed E-state index contributed by atoms with van der Waals surface area (Å²) in [7, 11) is 0. The molecule has 0 aliphatic heterocycles. The highest BCUT2D eigenvalue weighted by Crippen LogP contribution is 2.35. The van der Waals surface area contributed by atoms with Crippen molar-refractivity contribution in [3.05, 3.63) is 39.0 Å². The summed E-state index contributed by atoms with van der Waals surface area (Å²) in [6.07, 6.45) is 4.09. The molecule has 1 aromatic heterocycles. The molecule has 0 atom stereocenters. The highest BCUT2D eigenvalue weighted by Gasteiger charge is 2.24. The van der Waals surface area contributed by atoms with E-state index in [-0.39, 0.29) is 17.8 Å². The maximum Gasteiger partial charge on any atom is 0.311 e. The number of benzene rings is 1. The largest absolute Gasteiger partial charge is 0.393 e. The van der Waals surface area contributed by atoms with Gasteiger partial charge in [-0.2, -0.15) is 0 Å². The van der Waals surface area contributed by atoms with Gasteiger partial charge in [-0.3, -0.25) is 10.1 Å². The molecule has 1 aliphatic rings. The van der Waals surface area contributed by atoms with Crippen molar-refractivity contribution in [1.82, 2.24) is 4.98 Å². The molecular weight excluding hydrogens is 350 g/mol. The number of nitrogens with one attached hydrogen (secondary N) is 1. The minimum Gasteiger partial charge on any atom is -0.393 e. The molecular formula is C15H16BrN3O3. The molecule has 1 fully saturated rings. The molecule has 2 aromatic rings. The van der Waals surface area contributed by atoms with Gasteiger partial charge < -0.3 is 10.4 Å². The molecule has 0 saturated heterocycles. The Labute approximate surface area is 135 Å². The Kier molecular flexibility index (Phi) is 4.26. The molecule has 0 spiro atoms. The van der Waals surface area contributed by atoms with E-state index in [0.717, 1.165) is 35.5 Å². The molecule has 1 saturated carbocycles. The lowest BCUT2D eigenvalue weighted by atomic mass is 9.93. The van der Waals surface area contributed by atoms with Crippen LogP contribution >= 0.6 is 15.9 Å². The molecule has 0 amide bonds. The number of pyridine rings is 1. The van der Waals surface area contributed by atoms with Crippen LogP contribution in [0.15, 0.2) is 28.9 Å². The lowest BCUT2D eigenvalue weighted by molar-refractivity contribution is -0.384. The van der Waals surface area contributed by atoms with Crippen LogP contribution in [0.5, 0.6) is 0 Å². The van der Waals surface area contributed by atoms with E-state index in [9.17, 15) is 15.2 Å². The van der Waals surface area contributed by atoms with Crippen LogP contribution < -0.4 is 5.32 Å². The number of aliphatic hydroxyl groups excluding tert-OH is 1. The minimum absolute atomic E-state index is 0.0169. The van der Waals surface area contributed by atoms with Gasteiger partial charge in [-0.1, -0.05) is 15.9 Å². The Hall–Kier alpha value is -1.73. The van der Waals surface area contributed by atoms with Gasteiger partial charge in [0, 0.05) is 15.9 Å². The maximum absolute atomic E-state index is 11.3. The van der Waals surface area contributed by atoms with E-state index in [1.165, 1.54) is 6.20 Å². The third kappa shape index (κ3) is 3.05. The van der Waals surface area contributed by atoms with Crippen LogP contribution in [0.2, 0.25) is 0 Å². The molecule has 0 radical (unpaired) electrons. The molecule has 1 aliphatic carbocycles. The quantitative estimate of drug-likeness (QED) is 0.640. The Morgan fingerprint density at radius 1 is 1.32 bits per heavy atom. The molecule has 0 unspecified atom stereocenters. The summed E-state index contributed by atoms with van der Waals surface area (Å²) in [6.45, 7) is 0. The fourth-order valence-corrected chi connectivity index (χ4v) is 3.23. The van der Waals surface area contributed by atoms with Gasteiger partial charge in [0.1, 0.15) is 11.9 Å². The van der Waals surface area contributed by atoms with Gasteiger partial charge >= 0.3 is 5.69 Å². The van der Waals surface area contributed by atoms with E-state index in [0.29, 0.717) is 11.2 Å². The second-order valence-corrected chi connectivity index (χ2v) is 6.50. The average Bonchev–Trinajstić information content (AvgIpc) is 2.49. The van der Waals surface area contributed by atoms with Gasteiger partial charge in [0.15, 0.2) is 0 Å². The molecule has 22 heavy (non-hydrogen) atoms. The SMILES string of the molecule is O=[N+]([O-])c1cnc2ccc(Br)cc2c1NC1CCC(O)CC1. The summed E-state index contributed by atoms with van der Waals surface area (Å²) in [5.74, 6) is 0. The molecule has 116 valence electrons. The van der Waals surface area contributed by atoms with Gasteiger partial charge in [-0.05, 0) is 43.9 Å². The zero-order valence-electron chi connectivity index (χ0n) is 11.8. The Bertz CT molecular complexity index is 714. The number of aromatic nitrogens is 1. The summed E-state index contributed by atoms with van der Waals surface area (Å²) in [4.78, 5) is 15.1. The number of hydrogen-bond acceptors (Lipinski definition) is 5. The number of nitro groups is 1. The van der Waals surface area contributed by atoms with E-state index < -0.39 is 4.92 Å². The van der Waals surface area contributed by atoms with Gasteiger partial charge in [-0.25, -0.2) is 4.98 Å². The third-order valence-electron chi connectivity index (χ3n) is 4.05. The van der Waals surface area contributed by atoms with Gasteiger partial charge in [0.25, 0.3) is 0 Å². The monoisotopic (exact) mass is 365 g/mol. The Morgan fingerprint density at radius 3 is 2.73 bits per heavy atom. The van der Waals surface area contributed by atoms with Crippen LogP contribution in [0.1, 0.15) is 25.7 Å². The second-order valence-electron chi connectivity index (χ2n) is 5.59. The summed E-state index contributed by atoms with van der Waals surface area (Å²) in [5.41, 5.74) is 1.21. The standard InChI is InChI=1S/C15H16BrN3O3/c16-9-1-6-13-12(7-9)15(14(8-17-13)19(21)22)18-10-2-4-11(20)5-3-10/h1,6-8,10-11,20H,2-5H2,(H,17,18). The number of hydrogen-bond donors (Lipinski definition) is 2. The van der Waals surface area contributed by atoms with Gasteiger partial charge in [-0.15, -0.1) is 0 Å². The Balaban J connectivity index is 2.02. The summed E-state index contributed by atoms with van der Waals surface area (Å²) in [5, 5.41) is 24.9. The van der Waals surface area contributed by atoms with Crippen molar-refractivity contribution >= 4 is 38.2 Å². The summed E-state index contributed by atoms with van der Waals surface area (Å²) in [6, 6.07) is 5.67. The number of rotatable bonds is 3. The van der Waals surface area contributed by atoms with Crippen molar-refractivity contribution < 1.29 is 10.0 Å². The molecule has 2 N–H and O–H groups in total. The fourth-order valence-electron chi connectivity index (χ4n) is 2.87. The van der Waals surface area contributed by atoms with Gasteiger partial charge in [0.05, 0.1) is 16.5 Å². The van der Waals surface area contributed by atoms with Crippen molar-refractivity contribution in [3.8, 4) is 0 Å². The van der Waals surface area contributed by atoms with Crippen molar-refractivity contribution in [1.29, 1.82) is 0 Å². The van der Waals surface area contributed by atoms with Crippen LogP contribution in [0.25, 0.3) is 10.9 Å². The molecule has 6 nitrogen and oxygen atoms in total. The predicted octanol–water partition coefficient (Wildman–Crippen LogP) is 3.62. The highest BCUT2D eigenvalue weighted by molar-refractivity contribution is 9.10. The first-order valence-electron chi connectivity index (χ1n) is 7.22. The van der Waals surface area contributed by atoms with Crippen LogP contribution in [0.3, 0.4) is 0 Å². The smallest absolute Gasteiger partial charge is 0.311 e. The maximum atomic E-state index is 11.3. The van der Waals surface area contributed by atoms with Crippen LogP contribution in [-0.4, -0.2) is 27.2 Å². The number of anilines is 1. The predicted molar refractivity (Wildman–Crippen MR) is 88.0 cm³/mol. The number of halogens is 1. The van der Waals surface area contributed by atoms with Crippen LogP contribution in [-0.2, 0) is 0 Å². The second kappa shape index (κ2) is 6.18. The zero-order valence-corrected chi connectivity index (χ0v) is 13.4. The zero-order chi connectivity index (χ0) is 15.7. The van der Waals surface area contributed by atoms with E-state index in [1.807, 2.05) is 18.2 Å². The lowest BCUT2D eigenvalue weighted by Crippen LogP contribution is -2.28. The van der Waals surface area contributed by atoms with Crippen molar-refractivity contribution in [2.75, 3.05) is 5.32 Å². The minimum atomic E-state index is -0.409. The molecule has 1 heterocycles. The van der Waals surface area contributed by atoms with Crippen molar-refractivity contribution in [2.45, 2.75) is 37.8 Å². The van der Waals surface area contributed by atoms with E-state index in [2.05, 4.69) is 26.2 Å². The Morgan fingerprint density at radius 2 is 2.05 bits per heavy atom. The van der Waals surface area contributed by atoms with Crippen molar-refractivity contribution in [2.24, 2.45) is 0 Å². The first kappa shape index (κ1) is 15.2. The summed E-state index contributed by atoms with van der Waals surface area (Å²) >= 11 is 3.40. The number of nitrogens with zero attached hydrogens (tertiary/aromatic N) is 2. The molecule has 1 aromatic carbocycles. The fraction of sp³-hybridized carbons (Fsp3) is 0.400. The van der Waals surface area contributed by atoms with E-state index >= 15 is 0 Å². The topological polar surface area (TPSA) is 88.3 Å². The normalized spacial score (nSPS) is 21.7. The highest BCUT2D eigenvalue weighted by atomic mass is 79.9. The molecule has 3 rings (SSSR count). The van der Waals surface area contributed by atoms with Crippen LogP contribution in [0.4, 0.5) is 11.4 Å².